The number of hydrogen-bond acceptors (Lipinski definition) is 4. The summed E-state index contributed by atoms with van der Waals surface area (Å²) in [5.74, 6) is 0. The first kappa shape index (κ1) is 15.7. The molecule has 1 atom stereocenters. The van der Waals surface area contributed by atoms with E-state index in [2.05, 4.69) is 9.82 Å². The van der Waals surface area contributed by atoms with E-state index in [0.29, 0.717) is 12.1 Å². The lowest BCUT2D eigenvalue weighted by Crippen LogP contribution is -2.36. The quantitative estimate of drug-likeness (QED) is 0.838. The minimum Gasteiger partial charge on any atom is -0.395 e. The van der Waals surface area contributed by atoms with Crippen LogP contribution in [-0.4, -0.2) is 36.0 Å². The van der Waals surface area contributed by atoms with Gasteiger partial charge in [0.2, 0.25) is 10.0 Å². The Bertz CT molecular complexity index is 692. The molecule has 21 heavy (non-hydrogen) atoms. The lowest BCUT2D eigenvalue weighted by molar-refractivity contribution is 0.254. The first-order valence-corrected chi connectivity index (χ1v) is 8.18. The zero-order valence-electron chi connectivity index (χ0n) is 12.0. The van der Waals surface area contributed by atoms with Gasteiger partial charge in [0.05, 0.1) is 6.61 Å². The van der Waals surface area contributed by atoms with Crippen LogP contribution in [0.15, 0.2) is 41.4 Å². The van der Waals surface area contributed by atoms with E-state index in [0.717, 1.165) is 5.56 Å². The molecule has 1 aromatic carbocycles. The number of sulfonamides is 1. The molecule has 0 bridgehead atoms. The molecule has 2 rings (SSSR count). The van der Waals surface area contributed by atoms with Gasteiger partial charge in [0.15, 0.2) is 0 Å². The molecule has 0 aliphatic rings. The molecule has 0 saturated heterocycles. The molecule has 2 N–H and O–H groups in total. The molecule has 0 aliphatic carbocycles. The van der Waals surface area contributed by atoms with Crippen molar-refractivity contribution in [1.29, 1.82) is 0 Å². The van der Waals surface area contributed by atoms with E-state index < -0.39 is 16.1 Å². The number of aliphatic hydroxyl groups is 1. The molecule has 0 spiro atoms. The second-order valence-electron chi connectivity index (χ2n) is 4.79. The van der Waals surface area contributed by atoms with Gasteiger partial charge in [0.25, 0.3) is 0 Å². The van der Waals surface area contributed by atoms with Crippen LogP contribution in [0.1, 0.15) is 13.3 Å². The van der Waals surface area contributed by atoms with Crippen LogP contribution in [0, 0.1) is 0 Å². The number of aliphatic hydroxyl groups excluding tert-OH is 1. The normalized spacial score (nSPS) is 13.3. The number of benzene rings is 1. The van der Waals surface area contributed by atoms with Crippen molar-refractivity contribution in [3.8, 4) is 11.3 Å². The van der Waals surface area contributed by atoms with Crippen LogP contribution in [-0.2, 0) is 17.1 Å². The summed E-state index contributed by atoms with van der Waals surface area (Å²) < 4.78 is 29.0. The van der Waals surface area contributed by atoms with Crippen LogP contribution < -0.4 is 4.72 Å². The Morgan fingerprint density at radius 3 is 2.57 bits per heavy atom. The SMILES string of the molecule is CCC(CO)NS(=O)(=O)c1cn(C)nc1-c1ccccc1. The zero-order valence-corrected chi connectivity index (χ0v) is 12.8. The van der Waals surface area contributed by atoms with Gasteiger partial charge in [-0.2, -0.15) is 5.10 Å². The third-order valence-electron chi connectivity index (χ3n) is 3.17. The summed E-state index contributed by atoms with van der Waals surface area (Å²) >= 11 is 0. The molecule has 1 aromatic heterocycles. The van der Waals surface area contributed by atoms with Crippen LogP contribution in [0.5, 0.6) is 0 Å². The fourth-order valence-electron chi connectivity index (χ4n) is 1.99. The number of aryl methyl sites for hydroxylation is 1. The molecule has 0 fully saturated rings. The maximum Gasteiger partial charge on any atom is 0.244 e. The summed E-state index contributed by atoms with van der Waals surface area (Å²) in [4.78, 5) is 0.114. The summed E-state index contributed by atoms with van der Waals surface area (Å²) in [5, 5.41) is 13.4. The number of hydrogen-bond donors (Lipinski definition) is 2. The molecule has 114 valence electrons. The van der Waals surface area contributed by atoms with Crippen molar-refractivity contribution in [2.45, 2.75) is 24.3 Å². The van der Waals surface area contributed by atoms with E-state index in [-0.39, 0.29) is 11.5 Å². The van der Waals surface area contributed by atoms with Gasteiger partial charge in [-0.3, -0.25) is 4.68 Å². The summed E-state index contributed by atoms with van der Waals surface area (Å²) in [6.45, 7) is 1.57. The summed E-state index contributed by atoms with van der Waals surface area (Å²) in [6, 6.07) is 8.64. The number of aromatic nitrogens is 2. The van der Waals surface area contributed by atoms with Gasteiger partial charge in [0.1, 0.15) is 10.6 Å². The van der Waals surface area contributed by atoms with Crippen LogP contribution >= 0.6 is 0 Å². The Hall–Kier alpha value is -1.70. The minimum absolute atomic E-state index is 0.114. The minimum atomic E-state index is -3.74. The predicted molar refractivity (Wildman–Crippen MR) is 80.1 cm³/mol. The Kier molecular flexibility index (Phi) is 4.76. The first-order valence-electron chi connectivity index (χ1n) is 6.70. The van der Waals surface area contributed by atoms with Crippen molar-refractivity contribution >= 4 is 10.0 Å². The van der Waals surface area contributed by atoms with Crippen molar-refractivity contribution in [3.63, 3.8) is 0 Å². The molecule has 0 amide bonds. The first-order chi connectivity index (χ1) is 9.97. The zero-order chi connectivity index (χ0) is 15.5. The van der Waals surface area contributed by atoms with Crippen molar-refractivity contribution < 1.29 is 13.5 Å². The maximum absolute atomic E-state index is 12.5. The average molecular weight is 309 g/mol. The monoisotopic (exact) mass is 309 g/mol. The molecular weight excluding hydrogens is 290 g/mol. The molecule has 0 radical (unpaired) electrons. The predicted octanol–water partition coefficient (Wildman–Crippen LogP) is 1.14. The molecule has 0 aliphatic heterocycles. The second kappa shape index (κ2) is 6.38. The van der Waals surface area contributed by atoms with E-state index in [4.69, 9.17) is 0 Å². The van der Waals surface area contributed by atoms with Crippen LogP contribution in [0.3, 0.4) is 0 Å². The van der Waals surface area contributed by atoms with Crippen molar-refractivity contribution in [1.82, 2.24) is 14.5 Å². The number of nitrogens with zero attached hydrogens (tertiary/aromatic N) is 2. The molecule has 7 heteroatoms. The average Bonchev–Trinajstić information content (AvgIpc) is 2.88. The highest BCUT2D eigenvalue weighted by Crippen LogP contribution is 2.25. The summed E-state index contributed by atoms with van der Waals surface area (Å²) in [5.41, 5.74) is 1.13. The van der Waals surface area contributed by atoms with Gasteiger partial charge in [-0.25, -0.2) is 13.1 Å². The summed E-state index contributed by atoms with van der Waals surface area (Å²) in [6.07, 6.45) is 1.98. The van der Waals surface area contributed by atoms with Gasteiger partial charge in [-0.05, 0) is 6.42 Å². The Labute approximate surface area is 124 Å². The maximum atomic E-state index is 12.5. The van der Waals surface area contributed by atoms with E-state index in [9.17, 15) is 13.5 Å². The van der Waals surface area contributed by atoms with Gasteiger partial charge in [0, 0.05) is 24.8 Å². The third-order valence-corrected chi connectivity index (χ3v) is 4.69. The Morgan fingerprint density at radius 1 is 1.33 bits per heavy atom. The molecule has 2 aromatic rings. The second-order valence-corrected chi connectivity index (χ2v) is 6.47. The van der Waals surface area contributed by atoms with E-state index in [1.54, 1.807) is 7.05 Å². The van der Waals surface area contributed by atoms with E-state index >= 15 is 0 Å². The van der Waals surface area contributed by atoms with Gasteiger partial charge in [-0.15, -0.1) is 0 Å². The van der Waals surface area contributed by atoms with E-state index in [1.165, 1.54) is 10.9 Å². The largest absolute Gasteiger partial charge is 0.395 e. The highest BCUT2D eigenvalue weighted by atomic mass is 32.2. The van der Waals surface area contributed by atoms with E-state index in [1.807, 2.05) is 37.3 Å². The standard InChI is InChI=1S/C14H19N3O3S/c1-3-12(10-18)16-21(19,20)13-9-17(2)15-14(13)11-7-5-4-6-8-11/h4-9,12,16,18H,3,10H2,1-2H3. The molecule has 0 saturated carbocycles. The highest BCUT2D eigenvalue weighted by Gasteiger charge is 2.25. The third kappa shape index (κ3) is 3.49. The van der Waals surface area contributed by atoms with Gasteiger partial charge in [-0.1, -0.05) is 37.3 Å². The van der Waals surface area contributed by atoms with Crippen molar-refractivity contribution in [2.24, 2.45) is 7.05 Å². The topological polar surface area (TPSA) is 84.2 Å². The molecule has 1 unspecified atom stereocenters. The van der Waals surface area contributed by atoms with Crippen molar-refractivity contribution in [3.05, 3.63) is 36.5 Å². The molecular formula is C14H19N3O3S. The number of rotatable bonds is 6. The highest BCUT2D eigenvalue weighted by molar-refractivity contribution is 7.89. The number of nitrogens with one attached hydrogen (secondary N) is 1. The smallest absolute Gasteiger partial charge is 0.244 e. The van der Waals surface area contributed by atoms with Crippen molar-refractivity contribution in [2.75, 3.05) is 6.61 Å². The van der Waals surface area contributed by atoms with Gasteiger partial charge >= 0.3 is 0 Å². The fourth-order valence-corrected chi connectivity index (χ4v) is 3.50. The Morgan fingerprint density at radius 2 is 2.00 bits per heavy atom. The lowest BCUT2D eigenvalue weighted by atomic mass is 10.2. The lowest BCUT2D eigenvalue weighted by Gasteiger charge is -2.14. The Balaban J connectivity index is 2.45. The summed E-state index contributed by atoms with van der Waals surface area (Å²) in [7, 11) is -2.06. The van der Waals surface area contributed by atoms with Crippen LogP contribution in [0.25, 0.3) is 11.3 Å². The molecule has 6 nitrogen and oxygen atoms in total. The van der Waals surface area contributed by atoms with Crippen LogP contribution in [0.4, 0.5) is 0 Å². The van der Waals surface area contributed by atoms with Crippen LogP contribution in [0.2, 0.25) is 0 Å². The molecule has 1 heterocycles. The van der Waals surface area contributed by atoms with Gasteiger partial charge < -0.3 is 5.11 Å². The fraction of sp³-hybridized carbons (Fsp3) is 0.357.